The van der Waals surface area contributed by atoms with Gasteiger partial charge < -0.3 is 0 Å². The van der Waals surface area contributed by atoms with Gasteiger partial charge in [-0.1, -0.05) is 35.9 Å². The second-order valence-electron chi connectivity index (χ2n) is 5.56. The lowest BCUT2D eigenvalue weighted by molar-refractivity contribution is -0.161. The number of alkyl halides is 4. The predicted molar refractivity (Wildman–Crippen MR) is 81.6 cm³/mol. The van der Waals surface area contributed by atoms with Crippen LogP contribution in [0.4, 0.5) is 17.6 Å². The third kappa shape index (κ3) is 2.19. The summed E-state index contributed by atoms with van der Waals surface area (Å²) < 4.78 is 55.4. The van der Waals surface area contributed by atoms with Gasteiger partial charge in [0.2, 0.25) is 0 Å². The standard InChI is InChI=1S/C17H14F4S/c1-10-9-16(18,19)17(20,21)15(10)13-8-14(22-11(13)2)12-6-4-3-5-7-12/h3-8H,9H2,1-2H3. The van der Waals surface area contributed by atoms with Crippen molar-refractivity contribution in [3.63, 3.8) is 0 Å². The lowest BCUT2D eigenvalue weighted by Gasteiger charge is -2.21. The van der Waals surface area contributed by atoms with Crippen molar-refractivity contribution in [2.75, 3.05) is 0 Å². The van der Waals surface area contributed by atoms with Crippen molar-refractivity contribution in [2.45, 2.75) is 32.1 Å². The fourth-order valence-corrected chi connectivity index (χ4v) is 3.89. The summed E-state index contributed by atoms with van der Waals surface area (Å²) in [6.45, 7) is 3.06. The van der Waals surface area contributed by atoms with Gasteiger partial charge in [0.25, 0.3) is 0 Å². The van der Waals surface area contributed by atoms with Gasteiger partial charge in [0, 0.05) is 21.7 Å². The second-order valence-corrected chi connectivity index (χ2v) is 6.81. The normalized spacial score (nSPS) is 19.7. The highest BCUT2D eigenvalue weighted by Crippen LogP contribution is 2.56. The van der Waals surface area contributed by atoms with Crippen LogP contribution >= 0.6 is 11.3 Å². The number of halogens is 4. The molecule has 1 aliphatic carbocycles. The van der Waals surface area contributed by atoms with E-state index in [0.717, 1.165) is 10.4 Å². The molecule has 0 atom stereocenters. The third-order valence-corrected chi connectivity index (χ3v) is 5.03. The van der Waals surface area contributed by atoms with Crippen LogP contribution in [-0.4, -0.2) is 11.8 Å². The molecule has 0 bridgehead atoms. The van der Waals surface area contributed by atoms with Crippen molar-refractivity contribution < 1.29 is 17.6 Å². The van der Waals surface area contributed by atoms with E-state index < -0.39 is 23.8 Å². The lowest BCUT2D eigenvalue weighted by atomic mass is 9.99. The Morgan fingerprint density at radius 2 is 1.64 bits per heavy atom. The summed E-state index contributed by atoms with van der Waals surface area (Å²) in [6, 6.07) is 10.9. The fourth-order valence-electron chi connectivity index (χ4n) is 2.86. The van der Waals surface area contributed by atoms with E-state index in [1.165, 1.54) is 18.3 Å². The Kier molecular flexibility index (Phi) is 3.44. The molecule has 1 aromatic carbocycles. The molecule has 22 heavy (non-hydrogen) atoms. The number of hydrogen-bond acceptors (Lipinski definition) is 1. The maximum Gasteiger partial charge on any atom is 0.336 e. The number of rotatable bonds is 2. The molecule has 0 amide bonds. The van der Waals surface area contributed by atoms with Gasteiger partial charge in [-0.3, -0.25) is 0 Å². The van der Waals surface area contributed by atoms with Crippen LogP contribution in [0.15, 0.2) is 42.0 Å². The number of allylic oxidation sites excluding steroid dienone is 2. The van der Waals surface area contributed by atoms with Gasteiger partial charge in [0.1, 0.15) is 0 Å². The summed E-state index contributed by atoms with van der Waals surface area (Å²) in [5.41, 5.74) is 0.695. The molecule has 1 aliphatic rings. The van der Waals surface area contributed by atoms with Crippen molar-refractivity contribution in [1.29, 1.82) is 0 Å². The van der Waals surface area contributed by atoms with E-state index in [9.17, 15) is 17.6 Å². The topological polar surface area (TPSA) is 0 Å². The predicted octanol–water partition coefficient (Wildman–Crippen LogP) is 6.17. The molecule has 116 valence electrons. The fraction of sp³-hybridized carbons (Fsp3) is 0.294. The molecule has 0 unspecified atom stereocenters. The molecule has 0 spiro atoms. The summed E-state index contributed by atoms with van der Waals surface area (Å²) in [4.78, 5) is 1.44. The van der Waals surface area contributed by atoms with E-state index in [1.54, 1.807) is 13.0 Å². The maximum atomic E-state index is 14.1. The highest BCUT2D eigenvalue weighted by atomic mass is 32.1. The van der Waals surface area contributed by atoms with E-state index >= 15 is 0 Å². The molecular weight excluding hydrogens is 312 g/mol. The van der Waals surface area contributed by atoms with Crippen LogP contribution in [0, 0.1) is 6.92 Å². The molecular formula is C17H14F4S. The van der Waals surface area contributed by atoms with E-state index in [0.29, 0.717) is 4.88 Å². The van der Waals surface area contributed by atoms with Crippen LogP contribution in [0.3, 0.4) is 0 Å². The molecule has 0 nitrogen and oxygen atoms in total. The minimum absolute atomic E-state index is 0.0653. The lowest BCUT2D eigenvalue weighted by Crippen LogP contribution is -2.36. The Morgan fingerprint density at radius 1 is 1.00 bits per heavy atom. The van der Waals surface area contributed by atoms with Crippen LogP contribution in [0.25, 0.3) is 16.0 Å². The summed E-state index contributed by atoms with van der Waals surface area (Å²) in [7, 11) is 0. The molecule has 0 radical (unpaired) electrons. The zero-order valence-electron chi connectivity index (χ0n) is 12.1. The molecule has 5 heteroatoms. The van der Waals surface area contributed by atoms with Gasteiger partial charge >= 0.3 is 11.8 Å². The van der Waals surface area contributed by atoms with Gasteiger partial charge in [0.15, 0.2) is 0 Å². The number of thiophene rings is 1. The van der Waals surface area contributed by atoms with Crippen LogP contribution in [0.1, 0.15) is 23.8 Å². The Bertz CT molecular complexity index is 741. The quantitative estimate of drug-likeness (QED) is 0.579. The minimum atomic E-state index is -4.11. The first kappa shape index (κ1) is 15.3. The molecule has 1 aromatic heterocycles. The Labute approximate surface area is 130 Å². The minimum Gasteiger partial charge on any atom is -0.199 e. The maximum absolute atomic E-state index is 14.1. The van der Waals surface area contributed by atoms with E-state index in [-0.39, 0.29) is 11.1 Å². The van der Waals surface area contributed by atoms with Gasteiger partial charge in [-0.15, -0.1) is 11.3 Å². The highest BCUT2D eigenvalue weighted by Gasteiger charge is 2.63. The smallest absolute Gasteiger partial charge is 0.199 e. The van der Waals surface area contributed by atoms with Crippen LogP contribution < -0.4 is 0 Å². The van der Waals surface area contributed by atoms with E-state index in [1.807, 2.05) is 30.3 Å². The molecule has 2 aromatic rings. The zero-order chi connectivity index (χ0) is 16.1. The van der Waals surface area contributed by atoms with Gasteiger partial charge in [-0.25, -0.2) is 0 Å². The van der Waals surface area contributed by atoms with Gasteiger partial charge in [-0.05, 0) is 31.0 Å². The van der Waals surface area contributed by atoms with Gasteiger partial charge in [0.05, 0.1) is 0 Å². The van der Waals surface area contributed by atoms with Crippen molar-refractivity contribution in [2.24, 2.45) is 0 Å². The van der Waals surface area contributed by atoms with Crippen LogP contribution in [-0.2, 0) is 0 Å². The first-order valence-electron chi connectivity index (χ1n) is 6.86. The largest absolute Gasteiger partial charge is 0.336 e. The number of benzene rings is 1. The average molecular weight is 326 g/mol. The average Bonchev–Trinajstić information content (AvgIpc) is 2.87. The Morgan fingerprint density at radius 3 is 2.18 bits per heavy atom. The summed E-state index contributed by atoms with van der Waals surface area (Å²) in [5, 5.41) is 0. The molecule has 0 saturated heterocycles. The number of aryl methyl sites for hydroxylation is 1. The van der Waals surface area contributed by atoms with Crippen molar-refractivity contribution in [1.82, 2.24) is 0 Å². The first-order chi connectivity index (χ1) is 10.2. The summed E-state index contributed by atoms with van der Waals surface area (Å²) in [6.07, 6.45) is -0.884. The van der Waals surface area contributed by atoms with Crippen molar-refractivity contribution >= 4 is 16.9 Å². The monoisotopic (exact) mass is 326 g/mol. The molecule has 0 N–H and O–H groups in total. The molecule has 3 rings (SSSR count). The van der Waals surface area contributed by atoms with Gasteiger partial charge in [-0.2, -0.15) is 17.6 Å². The summed E-state index contributed by atoms with van der Waals surface area (Å²) in [5.74, 6) is -8.12. The van der Waals surface area contributed by atoms with Crippen molar-refractivity contribution in [3.05, 3.63) is 52.4 Å². The summed E-state index contributed by atoms with van der Waals surface area (Å²) >= 11 is 1.34. The Hall–Kier alpha value is -1.62. The van der Waals surface area contributed by atoms with E-state index in [2.05, 4.69) is 0 Å². The van der Waals surface area contributed by atoms with Crippen LogP contribution in [0.5, 0.6) is 0 Å². The van der Waals surface area contributed by atoms with Crippen LogP contribution in [0.2, 0.25) is 0 Å². The first-order valence-corrected chi connectivity index (χ1v) is 7.68. The third-order valence-electron chi connectivity index (χ3n) is 3.93. The zero-order valence-corrected chi connectivity index (χ0v) is 12.9. The molecule has 1 heterocycles. The number of hydrogen-bond donors (Lipinski definition) is 0. The highest BCUT2D eigenvalue weighted by molar-refractivity contribution is 7.15. The Balaban J connectivity index is 2.11. The molecule has 0 fully saturated rings. The SMILES string of the molecule is CC1=C(c2cc(-c3ccccc3)sc2C)C(F)(F)C(F)(F)C1. The molecule has 0 saturated carbocycles. The van der Waals surface area contributed by atoms with E-state index in [4.69, 9.17) is 0 Å². The second kappa shape index (κ2) is 4.95. The molecule has 0 aliphatic heterocycles. The van der Waals surface area contributed by atoms with Crippen molar-refractivity contribution in [3.8, 4) is 10.4 Å².